The fourth-order valence-electron chi connectivity index (χ4n) is 3.56. The highest BCUT2D eigenvalue weighted by Gasteiger charge is 2.28. The molecule has 1 aromatic carbocycles. The van der Waals surface area contributed by atoms with E-state index in [-0.39, 0.29) is 0 Å². The second-order valence-electron chi connectivity index (χ2n) is 6.20. The van der Waals surface area contributed by atoms with E-state index in [1.807, 2.05) is 6.07 Å². The maximum atomic E-state index is 11.2. The van der Waals surface area contributed by atoms with Crippen LogP contribution in [0.5, 0.6) is 0 Å². The molecular formula is C16H24N4O. The van der Waals surface area contributed by atoms with E-state index < -0.39 is 5.91 Å². The van der Waals surface area contributed by atoms with E-state index in [1.165, 1.54) is 32.4 Å². The molecule has 5 nitrogen and oxygen atoms in total. The van der Waals surface area contributed by atoms with Gasteiger partial charge in [0, 0.05) is 30.4 Å². The number of rotatable bonds is 3. The number of nitrogens with two attached hydrogens (primary N) is 2. The lowest BCUT2D eigenvalue weighted by molar-refractivity contribution is 0.100. The molecule has 0 bridgehead atoms. The first-order chi connectivity index (χ1) is 10.1. The van der Waals surface area contributed by atoms with Crippen molar-refractivity contribution in [2.45, 2.75) is 31.8 Å². The molecule has 2 fully saturated rings. The minimum Gasteiger partial charge on any atom is -0.398 e. The Labute approximate surface area is 125 Å². The van der Waals surface area contributed by atoms with Crippen molar-refractivity contribution in [2.24, 2.45) is 5.73 Å². The molecule has 2 aliphatic heterocycles. The van der Waals surface area contributed by atoms with E-state index in [0.29, 0.717) is 17.3 Å². The van der Waals surface area contributed by atoms with E-state index in [1.54, 1.807) is 12.1 Å². The van der Waals surface area contributed by atoms with Crippen LogP contribution in [0.4, 0.5) is 5.69 Å². The molecule has 0 aromatic heterocycles. The molecule has 0 spiro atoms. The second kappa shape index (κ2) is 6.03. The van der Waals surface area contributed by atoms with Gasteiger partial charge in [-0.05, 0) is 56.6 Å². The molecular weight excluding hydrogens is 264 g/mol. The Morgan fingerprint density at radius 1 is 1.24 bits per heavy atom. The van der Waals surface area contributed by atoms with Crippen molar-refractivity contribution in [3.05, 3.63) is 29.3 Å². The monoisotopic (exact) mass is 288 g/mol. The van der Waals surface area contributed by atoms with Gasteiger partial charge in [0.1, 0.15) is 0 Å². The summed E-state index contributed by atoms with van der Waals surface area (Å²) < 4.78 is 0. The molecule has 0 saturated carbocycles. The van der Waals surface area contributed by atoms with E-state index in [4.69, 9.17) is 11.5 Å². The fraction of sp³-hybridized carbons (Fsp3) is 0.562. The van der Waals surface area contributed by atoms with Gasteiger partial charge in [-0.1, -0.05) is 6.07 Å². The van der Waals surface area contributed by atoms with Gasteiger partial charge in [0.05, 0.1) is 0 Å². The Kier molecular flexibility index (Phi) is 4.12. The normalized spacial score (nSPS) is 23.7. The van der Waals surface area contributed by atoms with Gasteiger partial charge in [-0.15, -0.1) is 0 Å². The van der Waals surface area contributed by atoms with Crippen molar-refractivity contribution in [3.63, 3.8) is 0 Å². The summed E-state index contributed by atoms with van der Waals surface area (Å²) in [7, 11) is 0. The van der Waals surface area contributed by atoms with Gasteiger partial charge in [-0.3, -0.25) is 14.6 Å². The van der Waals surface area contributed by atoms with Gasteiger partial charge in [0.25, 0.3) is 0 Å². The number of nitrogen functional groups attached to an aromatic ring is 1. The number of primary amides is 1. The van der Waals surface area contributed by atoms with E-state index >= 15 is 0 Å². The molecule has 1 unspecified atom stereocenters. The Bertz CT molecular complexity index is 531. The lowest BCUT2D eigenvalue weighted by Gasteiger charge is -2.26. The van der Waals surface area contributed by atoms with Crippen LogP contribution in [-0.2, 0) is 6.54 Å². The number of hydrogen-bond donors (Lipinski definition) is 2. The molecule has 0 radical (unpaired) electrons. The van der Waals surface area contributed by atoms with E-state index in [9.17, 15) is 4.79 Å². The lowest BCUT2D eigenvalue weighted by Crippen LogP contribution is -2.36. The zero-order valence-corrected chi connectivity index (χ0v) is 12.4. The predicted molar refractivity (Wildman–Crippen MR) is 83.9 cm³/mol. The molecule has 2 heterocycles. The fourth-order valence-corrected chi connectivity index (χ4v) is 3.56. The third-order valence-electron chi connectivity index (χ3n) is 4.71. The zero-order chi connectivity index (χ0) is 14.8. The topological polar surface area (TPSA) is 75.6 Å². The number of benzene rings is 1. The highest BCUT2D eigenvalue weighted by atomic mass is 16.1. The Morgan fingerprint density at radius 3 is 2.81 bits per heavy atom. The highest BCUT2D eigenvalue weighted by molar-refractivity contribution is 5.93. The van der Waals surface area contributed by atoms with Crippen LogP contribution in [0.1, 0.15) is 35.2 Å². The number of fused-ring (bicyclic) bond motifs is 1. The lowest BCUT2D eigenvalue weighted by atomic mass is 10.1. The van der Waals surface area contributed by atoms with Gasteiger partial charge in [-0.25, -0.2) is 0 Å². The van der Waals surface area contributed by atoms with Crippen molar-refractivity contribution in [2.75, 3.05) is 31.9 Å². The van der Waals surface area contributed by atoms with Gasteiger partial charge >= 0.3 is 0 Å². The zero-order valence-electron chi connectivity index (χ0n) is 12.4. The molecule has 114 valence electrons. The minimum atomic E-state index is -0.426. The average molecular weight is 288 g/mol. The maximum absolute atomic E-state index is 11.2. The van der Waals surface area contributed by atoms with Crippen LogP contribution in [0, 0.1) is 0 Å². The second-order valence-corrected chi connectivity index (χ2v) is 6.20. The number of nitrogens with zero attached hydrogens (tertiary/aromatic N) is 2. The van der Waals surface area contributed by atoms with E-state index in [2.05, 4.69) is 9.80 Å². The van der Waals surface area contributed by atoms with E-state index in [0.717, 1.165) is 25.2 Å². The minimum absolute atomic E-state index is 0.426. The molecule has 1 atom stereocenters. The van der Waals surface area contributed by atoms with Crippen molar-refractivity contribution in [3.8, 4) is 0 Å². The number of amides is 1. The summed E-state index contributed by atoms with van der Waals surface area (Å²) in [6, 6.07) is 6.11. The van der Waals surface area contributed by atoms with Crippen LogP contribution < -0.4 is 11.5 Å². The smallest absolute Gasteiger partial charge is 0.248 e. The SMILES string of the molecule is NC(=O)c1ccc(CN2CCCN3CCCC3C2)c(N)c1. The molecule has 5 heteroatoms. The third-order valence-corrected chi connectivity index (χ3v) is 4.71. The maximum Gasteiger partial charge on any atom is 0.248 e. The quantitative estimate of drug-likeness (QED) is 0.815. The van der Waals surface area contributed by atoms with Crippen LogP contribution in [0.3, 0.4) is 0 Å². The van der Waals surface area contributed by atoms with Crippen LogP contribution >= 0.6 is 0 Å². The largest absolute Gasteiger partial charge is 0.398 e. The van der Waals surface area contributed by atoms with Gasteiger partial charge < -0.3 is 11.5 Å². The van der Waals surface area contributed by atoms with Gasteiger partial charge in [0.2, 0.25) is 5.91 Å². The van der Waals surface area contributed by atoms with Crippen LogP contribution in [0.2, 0.25) is 0 Å². The number of anilines is 1. The van der Waals surface area contributed by atoms with Crippen molar-refractivity contribution >= 4 is 11.6 Å². The first-order valence-corrected chi connectivity index (χ1v) is 7.78. The third kappa shape index (κ3) is 3.19. The van der Waals surface area contributed by atoms with Crippen molar-refractivity contribution in [1.82, 2.24) is 9.80 Å². The molecule has 21 heavy (non-hydrogen) atoms. The standard InChI is InChI=1S/C16H24N4O/c17-15-9-12(16(18)21)4-5-13(15)10-19-6-2-8-20-7-1-3-14(20)11-19/h4-5,9,14H,1-3,6-8,10-11,17H2,(H2,18,21). The highest BCUT2D eigenvalue weighted by Crippen LogP contribution is 2.23. The molecule has 1 aromatic rings. The summed E-state index contributed by atoms with van der Waals surface area (Å²) >= 11 is 0. The summed E-state index contributed by atoms with van der Waals surface area (Å²) in [5.74, 6) is -0.426. The molecule has 2 aliphatic rings. The number of carbonyl (C=O) groups is 1. The average Bonchev–Trinajstić information content (AvgIpc) is 2.79. The van der Waals surface area contributed by atoms with Crippen molar-refractivity contribution < 1.29 is 4.79 Å². The summed E-state index contributed by atoms with van der Waals surface area (Å²) in [4.78, 5) is 16.3. The van der Waals surface area contributed by atoms with Crippen LogP contribution in [0.25, 0.3) is 0 Å². The number of carbonyl (C=O) groups excluding carboxylic acids is 1. The van der Waals surface area contributed by atoms with Crippen LogP contribution in [0.15, 0.2) is 18.2 Å². The summed E-state index contributed by atoms with van der Waals surface area (Å²) in [6.45, 7) is 5.57. The first kappa shape index (κ1) is 14.4. The molecule has 3 rings (SSSR count). The predicted octanol–water partition coefficient (Wildman–Crippen LogP) is 1.04. The molecule has 4 N–H and O–H groups in total. The van der Waals surface area contributed by atoms with Crippen molar-refractivity contribution in [1.29, 1.82) is 0 Å². The van der Waals surface area contributed by atoms with Gasteiger partial charge in [-0.2, -0.15) is 0 Å². The molecule has 2 saturated heterocycles. The van der Waals surface area contributed by atoms with Crippen LogP contribution in [-0.4, -0.2) is 47.9 Å². The Hall–Kier alpha value is -1.59. The Morgan fingerprint density at radius 2 is 2.05 bits per heavy atom. The summed E-state index contributed by atoms with van der Waals surface area (Å²) in [6.07, 6.45) is 3.86. The molecule has 1 amide bonds. The summed E-state index contributed by atoms with van der Waals surface area (Å²) in [5.41, 5.74) is 13.6. The van der Waals surface area contributed by atoms with Gasteiger partial charge in [0.15, 0.2) is 0 Å². The molecule has 0 aliphatic carbocycles. The first-order valence-electron chi connectivity index (χ1n) is 7.78. The number of hydrogen-bond acceptors (Lipinski definition) is 4. The Balaban J connectivity index is 1.69. The summed E-state index contributed by atoms with van der Waals surface area (Å²) in [5, 5.41) is 0.